The van der Waals surface area contributed by atoms with Gasteiger partial charge in [0.1, 0.15) is 23.7 Å². The van der Waals surface area contributed by atoms with E-state index in [1.165, 1.54) is 34.1 Å². The third kappa shape index (κ3) is 2.96. The van der Waals surface area contributed by atoms with Gasteiger partial charge in [-0.3, -0.25) is 9.59 Å². The van der Waals surface area contributed by atoms with Crippen molar-refractivity contribution in [3.63, 3.8) is 0 Å². The zero-order valence-electron chi connectivity index (χ0n) is 12.5. The van der Waals surface area contributed by atoms with Crippen LogP contribution in [-0.4, -0.2) is 59.4 Å². The first-order valence-corrected chi connectivity index (χ1v) is 7.29. The molecule has 2 aliphatic rings. The molecule has 3 rings (SSSR count). The number of nitrogens with one attached hydrogen (secondary N) is 1. The van der Waals surface area contributed by atoms with Gasteiger partial charge >= 0.3 is 6.09 Å². The number of carbonyl (C=O) groups is 3. The van der Waals surface area contributed by atoms with E-state index >= 15 is 0 Å². The van der Waals surface area contributed by atoms with E-state index in [2.05, 4.69) is 5.32 Å². The van der Waals surface area contributed by atoms with Crippen LogP contribution in [0.4, 0.5) is 9.18 Å². The van der Waals surface area contributed by atoms with Crippen molar-refractivity contribution in [3.8, 4) is 5.75 Å². The molecule has 0 aromatic heterocycles. The lowest BCUT2D eigenvalue weighted by molar-refractivity contribution is -0.151. The summed E-state index contributed by atoms with van der Waals surface area (Å²) in [5.74, 6) is -0.640. The first kappa shape index (κ1) is 15.3. The van der Waals surface area contributed by atoms with Gasteiger partial charge in [-0.2, -0.15) is 0 Å². The summed E-state index contributed by atoms with van der Waals surface area (Å²) in [5, 5.41) is 2.59. The minimum atomic E-state index is -0.701. The molecular formula is C15H16FN3O4. The third-order valence-electron chi connectivity index (χ3n) is 3.97. The molecule has 1 N–H and O–H groups in total. The Balaban J connectivity index is 1.66. The van der Waals surface area contributed by atoms with Gasteiger partial charge in [-0.05, 0) is 31.2 Å². The molecular weight excluding hydrogens is 305 g/mol. The summed E-state index contributed by atoms with van der Waals surface area (Å²) in [6.07, 6.45) is -0.630. The lowest BCUT2D eigenvalue weighted by Gasteiger charge is -2.44. The zero-order valence-corrected chi connectivity index (χ0v) is 12.5. The minimum Gasteiger partial charge on any atom is -0.410 e. The normalized spacial score (nSPS) is 24.1. The monoisotopic (exact) mass is 321 g/mol. The number of hydrogen-bond donors (Lipinski definition) is 1. The molecule has 2 heterocycles. The van der Waals surface area contributed by atoms with Crippen LogP contribution in [0.1, 0.15) is 6.92 Å². The molecule has 1 aromatic carbocycles. The van der Waals surface area contributed by atoms with Crippen molar-refractivity contribution in [3.05, 3.63) is 30.1 Å². The maximum Gasteiger partial charge on any atom is 0.415 e. The molecule has 0 radical (unpaired) electrons. The number of halogens is 1. The quantitative estimate of drug-likeness (QED) is 0.810. The van der Waals surface area contributed by atoms with Crippen LogP contribution in [0.2, 0.25) is 0 Å². The molecule has 2 fully saturated rings. The number of benzene rings is 1. The number of carbonyl (C=O) groups excluding carboxylic acids is 3. The van der Waals surface area contributed by atoms with Gasteiger partial charge in [0.25, 0.3) is 0 Å². The highest BCUT2D eigenvalue weighted by Gasteiger charge is 2.43. The second-order valence-electron chi connectivity index (χ2n) is 5.55. The van der Waals surface area contributed by atoms with Gasteiger partial charge in [0, 0.05) is 13.1 Å². The fraction of sp³-hybridized carbons (Fsp3) is 0.400. The number of rotatable bonds is 1. The molecule has 2 aliphatic heterocycles. The van der Waals surface area contributed by atoms with Gasteiger partial charge in [-0.1, -0.05) is 0 Å². The van der Waals surface area contributed by atoms with Crippen LogP contribution in [0, 0.1) is 5.82 Å². The molecule has 0 aliphatic carbocycles. The molecule has 2 atom stereocenters. The number of piperazine rings is 2. The number of ether oxygens (including phenoxy) is 1. The van der Waals surface area contributed by atoms with E-state index < -0.39 is 24.0 Å². The van der Waals surface area contributed by atoms with E-state index in [1.54, 1.807) is 6.92 Å². The van der Waals surface area contributed by atoms with Crippen LogP contribution in [0.3, 0.4) is 0 Å². The van der Waals surface area contributed by atoms with Crippen LogP contribution >= 0.6 is 0 Å². The van der Waals surface area contributed by atoms with E-state index in [0.717, 1.165) is 0 Å². The fourth-order valence-electron chi connectivity index (χ4n) is 2.72. The van der Waals surface area contributed by atoms with Crippen LogP contribution in [0.15, 0.2) is 24.3 Å². The van der Waals surface area contributed by atoms with Crippen molar-refractivity contribution in [1.29, 1.82) is 0 Å². The minimum absolute atomic E-state index is 0.0737. The van der Waals surface area contributed by atoms with Gasteiger partial charge in [0.05, 0.1) is 6.54 Å². The van der Waals surface area contributed by atoms with Crippen molar-refractivity contribution >= 4 is 17.9 Å². The largest absolute Gasteiger partial charge is 0.415 e. The summed E-state index contributed by atoms with van der Waals surface area (Å²) < 4.78 is 18.0. The zero-order chi connectivity index (χ0) is 16.6. The van der Waals surface area contributed by atoms with Crippen molar-refractivity contribution < 1.29 is 23.5 Å². The standard InChI is InChI=1S/C15H16FN3O4/c1-9-14(21)19-7-6-18(8-12(19)13(20)17-9)15(22)23-11-4-2-10(16)3-5-11/h2-5,9,12H,6-8H2,1H3,(H,17,20)/t9-,12-/m1/s1. The Kier molecular flexibility index (Phi) is 3.89. The Morgan fingerprint density at radius 1 is 1.26 bits per heavy atom. The lowest BCUT2D eigenvalue weighted by atomic mass is 10.1. The first-order valence-electron chi connectivity index (χ1n) is 7.29. The summed E-state index contributed by atoms with van der Waals surface area (Å²) in [7, 11) is 0. The summed E-state index contributed by atoms with van der Waals surface area (Å²) >= 11 is 0. The molecule has 3 amide bonds. The predicted octanol–water partition coefficient (Wildman–Crippen LogP) is 0.356. The number of amides is 3. The van der Waals surface area contributed by atoms with Crippen LogP contribution in [0.25, 0.3) is 0 Å². The molecule has 8 heteroatoms. The van der Waals surface area contributed by atoms with Gasteiger partial charge in [0.15, 0.2) is 0 Å². The summed E-state index contributed by atoms with van der Waals surface area (Å²) in [5.41, 5.74) is 0. The average molecular weight is 321 g/mol. The Bertz CT molecular complexity index is 649. The predicted molar refractivity (Wildman–Crippen MR) is 77.1 cm³/mol. The van der Waals surface area contributed by atoms with E-state index in [9.17, 15) is 18.8 Å². The van der Waals surface area contributed by atoms with Crippen molar-refractivity contribution in [2.24, 2.45) is 0 Å². The van der Waals surface area contributed by atoms with E-state index in [0.29, 0.717) is 0 Å². The Hall–Kier alpha value is -2.64. The maximum atomic E-state index is 12.8. The van der Waals surface area contributed by atoms with E-state index in [-0.39, 0.29) is 37.2 Å². The topological polar surface area (TPSA) is 79.0 Å². The molecule has 7 nitrogen and oxygen atoms in total. The number of hydrogen-bond acceptors (Lipinski definition) is 4. The van der Waals surface area contributed by atoms with Crippen molar-refractivity contribution in [2.45, 2.75) is 19.0 Å². The Labute approximate surface area is 132 Å². The van der Waals surface area contributed by atoms with Gasteiger partial charge < -0.3 is 19.9 Å². The summed E-state index contributed by atoms with van der Waals surface area (Å²) in [6, 6.07) is 3.83. The van der Waals surface area contributed by atoms with Gasteiger partial charge in [-0.25, -0.2) is 9.18 Å². The van der Waals surface area contributed by atoms with Crippen molar-refractivity contribution in [1.82, 2.24) is 15.1 Å². The van der Waals surface area contributed by atoms with E-state index in [1.807, 2.05) is 0 Å². The molecule has 0 unspecified atom stereocenters. The maximum absolute atomic E-state index is 12.8. The highest BCUT2D eigenvalue weighted by atomic mass is 19.1. The SMILES string of the molecule is C[C@H]1NC(=O)[C@H]2CN(C(=O)Oc3ccc(F)cc3)CCN2C1=O. The molecule has 0 spiro atoms. The molecule has 0 saturated carbocycles. The second-order valence-corrected chi connectivity index (χ2v) is 5.55. The molecule has 2 saturated heterocycles. The average Bonchev–Trinajstić information content (AvgIpc) is 2.54. The Morgan fingerprint density at radius 2 is 1.96 bits per heavy atom. The Morgan fingerprint density at radius 3 is 2.65 bits per heavy atom. The third-order valence-corrected chi connectivity index (χ3v) is 3.97. The molecule has 0 bridgehead atoms. The molecule has 23 heavy (non-hydrogen) atoms. The smallest absolute Gasteiger partial charge is 0.410 e. The highest BCUT2D eigenvalue weighted by Crippen LogP contribution is 2.18. The van der Waals surface area contributed by atoms with Gasteiger partial charge in [-0.15, -0.1) is 0 Å². The number of fused-ring (bicyclic) bond motifs is 1. The van der Waals surface area contributed by atoms with Crippen LogP contribution < -0.4 is 10.1 Å². The van der Waals surface area contributed by atoms with Crippen LogP contribution in [-0.2, 0) is 9.59 Å². The number of nitrogens with zero attached hydrogens (tertiary/aromatic N) is 2. The van der Waals surface area contributed by atoms with Crippen LogP contribution in [0.5, 0.6) is 5.75 Å². The van der Waals surface area contributed by atoms with Crippen molar-refractivity contribution in [2.75, 3.05) is 19.6 Å². The highest BCUT2D eigenvalue weighted by molar-refractivity contribution is 5.97. The summed E-state index contributed by atoms with van der Waals surface area (Å²) in [6.45, 7) is 2.26. The fourth-order valence-corrected chi connectivity index (χ4v) is 2.72. The lowest BCUT2D eigenvalue weighted by Crippen LogP contribution is -2.69. The molecule has 122 valence electrons. The second kappa shape index (κ2) is 5.86. The first-order chi connectivity index (χ1) is 11.0. The van der Waals surface area contributed by atoms with E-state index in [4.69, 9.17) is 4.74 Å². The molecule has 1 aromatic rings. The van der Waals surface area contributed by atoms with Gasteiger partial charge in [0.2, 0.25) is 11.8 Å². The summed E-state index contributed by atoms with van der Waals surface area (Å²) in [4.78, 5) is 39.1.